The van der Waals surface area contributed by atoms with Gasteiger partial charge in [0.05, 0.1) is 0 Å². The first-order valence-electron chi connectivity index (χ1n) is 7.87. The summed E-state index contributed by atoms with van der Waals surface area (Å²) in [7, 11) is 0. The van der Waals surface area contributed by atoms with Crippen LogP contribution in [0.25, 0.3) is 6.08 Å². The molecule has 0 aliphatic heterocycles. The molecule has 0 bridgehead atoms. The zero-order valence-electron chi connectivity index (χ0n) is 12.7. The van der Waals surface area contributed by atoms with Crippen molar-refractivity contribution in [2.24, 2.45) is 23.7 Å². The lowest BCUT2D eigenvalue weighted by molar-refractivity contribution is 0.116. The molecule has 1 aromatic carbocycles. The number of benzene rings is 1. The van der Waals surface area contributed by atoms with Crippen molar-refractivity contribution in [1.29, 1.82) is 0 Å². The summed E-state index contributed by atoms with van der Waals surface area (Å²) in [5.41, 5.74) is 4.55. The predicted octanol–water partition coefficient (Wildman–Crippen LogP) is 5.42. The summed E-state index contributed by atoms with van der Waals surface area (Å²) in [5.74, 6) is 4.10. The highest BCUT2D eigenvalue weighted by Gasteiger charge is 2.37. The Morgan fingerprint density at radius 2 is 1.79 bits per heavy atom. The third kappa shape index (κ3) is 2.06. The zero-order chi connectivity index (χ0) is 13.6. The molecule has 0 amide bonds. The minimum atomic E-state index is 0.668. The van der Waals surface area contributed by atoms with Gasteiger partial charge in [0.1, 0.15) is 0 Å². The van der Waals surface area contributed by atoms with Gasteiger partial charge in [-0.05, 0) is 53.7 Å². The maximum Gasteiger partial charge on any atom is 0.00607 e. The van der Waals surface area contributed by atoms with E-state index in [-0.39, 0.29) is 0 Å². The first-order valence-corrected chi connectivity index (χ1v) is 7.87. The molecule has 2 aliphatic rings. The van der Waals surface area contributed by atoms with Crippen LogP contribution < -0.4 is 0 Å². The van der Waals surface area contributed by atoms with Crippen LogP contribution in [0.5, 0.6) is 0 Å². The molecule has 3 rings (SSSR count). The minimum Gasteiger partial charge on any atom is -0.0761 e. The molecule has 102 valence electrons. The summed E-state index contributed by atoms with van der Waals surface area (Å²) in [6, 6.07) is 6.74. The monoisotopic (exact) mass is 254 g/mol. The molecule has 1 saturated carbocycles. The molecular formula is C19H26. The second kappa shape index (κ2) is 4.81. The summed E-state index contributed by atoms with van der Waals surface area (Å²) < 4.78 is 0. The Morgan fingerprint density at radius 1 is 1.00 bits per heavy atom. The standard InChI is InChI=1S/C19H26/c1-12-8-10-17(15(4)14(12)3)18-11-9-16-7-5-6-13(2)19(16)18/h5-7,9,11-12,14-15,17-18H,8,10H2,1-4H3. The smallest absolute Gasteiger partial charge is 0.00607 e. The highest BCUT2D eigenvalue weighted by Crippen LogP contribution is 2.48. The fourth-order valence-corrected chi connectivity index (χ4v) is 4.36. The Bertz CT molecular complexity index is 497. The van der Waals surface area contributed by atoms with Gasteiger partial charge in [-0.3, -0.25) is 0 Å². The third-order valence-corrected chi connectivity index (χ3v) is 5.99. The molecule has 0 heterocycles. The Hall–Kier alpha value is -1.04. The number of rotatable bonds is 1. The molecule has 1 fully saturated rings. The average molecular weight is 254 g/mol. The molecule has 5 unspecified atom stereocenters. The largest absolute Gasteiger partial charge is 0.0761 e. The van der Waals surface area contributed by atoms with Crippen LogP contribution in [-0.2, 0) is 0 Å². The van der Waals surface area contributed by atoms with Crippen molar-refractivity contribution >= 4 is 6.08 Å². The highest BCUT2D eigenvalue weighted by atomic mass is 14.4. The van der Waals surface area contributed by atoms with E-state index in [4.69, 9.17) is 0 Å². The maximum absolute atomic E-state index is 2.48. The fourth-order valence-electron chi connectivity index (χ4n) is 4.36. The van der Waals surface area contributed by atoms with Crippen LogP contribution >= 0.6 is 0 Å². The lowest BCUT2D eigenvalue weighted by Gasteiger charge is -2.41. The van der Waals surface area contributed by atoms with Crippen LogP contribution in [0.15, 0.2) is 24.3 Å². The molecule has 5 atom stereocenters. The number of hydrogen-bond donors (Lipinski definition) is 0. The molecule has 0 spiro atoms. The van der Waals surface area contributed by atoms with Gasteiger partial charge in [0.25, 0.3) is 0 Å². The van der Waals surface area contributed by atoms with E-state index >= 15 is 0 Å². The molecule has 1 aromatic rings. The fraction of sp³-hybridized carbons (Fsp3) is 0.579. The van der Waals surface area contributed by atoms with Gasteiger partial charge in [-0.25, -0.2) is 0 Å². The van der Waals surface area contributed by atoms with E-state index in [1.54, 1.807) is 5.56 Å². The molecule has 0 saturated heterocycles. The van der Waals surface area contributed by atoms with Gasteiger partial charge in [-0.15, -0.1) is 0 Å². The molecular weight excluding hydrogens is 228 g/mol. The van der Waals surface area contributed by atoms with Gasteiger partial charge in [-0.2, -0.15) is 0 Å². The van der Waals surface area contributed by atoms with Crippen molar-refractivity contribution < 1.29 is 0 Å². The van der Waals surface area contributed by atoms with Crippen LogP contribution in [0.3, 0.4) is 0 Å². The topological polar surface area (TPSA) is 0 Å². The Kier molecular flexibility index (Phi) is 3.28. The SMILES string of the molecule is Cc1cccc2c1C(C1CCC(C)C(C)C1C)C=C2. The quantitative estimate of drug-likeness (QED) is 0.627. The molecule has 2 aliphatic carbocycles. The van der Waals surface area contributed by atoms with Crippen LogP contribution in [-0.4, -0.2) is 0 Å². The lowest BCUT2D eigenvalue weighted by Crippen LogP contribution is -2.32. The third-order valence-electron chi connectivity index (χ3n) is 5.99. The van der Waals surface area contributed by atoms with E-state index in [2.05, 4.69) is 58.0 Å². The van der Waals surface area contributed by atoms with Crippen LogP contribution in [0.1, 0.15) is 56.2 Å². The highest BCUT2D eigenvalue weighted by molar-refractivity contribution is 5.64. The van der Waals surface area contributed by atoms with Crippen LogP contribution in [0, 0.1) is 30.6 Å². The first kappa shape index (κ1) is 13.0. The van der Waals surface area contributed by atoms with Crippen molar-refractivity contribution in [3.05, 3.63) is 41.0 Å². The molecule has 0 radical (unpaired) electrons. The maximum atomic E-state index is 2.48. The van der Waals surface area contributed by atoms with Gasteiger partial charge in [-0.1, -0.05) is 57.5 Å². The number of aryl methyl sites for hydroxylation is 1. The molecule has 0 nitrogen and oxygen atoms in total. The van der Waals surface area contributed by atoms with E-state index < -0.39 is 0 Å². The van der Waals surface area contributed by atoms with E-state index in [1.165, 1.54) is 24.0 Å². The number of allylic oxidation sites excluding steroid dienone is 1. The molecule has 0 aromatic heterocycles. The van der Waals surface area contributed by atoms with Gasteiger partial charge in [0, 0.05) is 5.92 Å². The summed E-state index contributed by atoms with van der Waals surface area (Å²) in [5, 5.41) is 0. The summed E-state index contributed by atoms with van der Waals surface area (Å²) >= 11 is 0. The van der Waals surface area contributed by atoms with E-state index in [0.29, 0.717) is 5.92 Å². The molecule has 0 N–H and O–H groups in total. The van der Waals surface area contributed by atoms with Gasteiger partial charge in [0.15, 0.2) is 0 Å². The second-order valence-corrected chi connectivity index (χ2v) is 6.90. The lowest BCUT2D eigenvalue weighted by atomic mass is 9.64. The van der Waals surface area contributed by atoms with Crippen LogP contribution in [0.4, 0.5) is 0 Å². The van der Waals surface area contributed by atoms with Gasteiger partial charge in [0.2, 0.25) is 0 Å². The first-order chi connectivity index (χ1) is 9.09. The average Bonchev–Trinajstić information content (AvgIpc) is 2.82. The number of hydrogen-bond acceptors (Lipinski definition) is 0. The minimum absolute atomic E-state index is 0.668. The molecule has 0 heteroatoms. The molecule has 19 heavy (non-hydrogen) atoms. The van der Waals surface area contributed by atoms with E-state index in [0.717, 1.165) is 23.7 Å². The predicted molar refractivity (Wildman–Crippen MR) is 83.2 cm³/mol. The Labute approximate surface area is 117 Å². The van der Waals surface area contributed by atoms with E-state index in [9.17, 15) is 0 Å². The summed E-state index contributed by atoms with van der Waals surface area (Å²) in [6.45, 7) is 9.65. The second-order valence-electron chi connectivity index (χ2n) is 6.90. The van der Waals surface area contributed by atoms with Crippen molar-refractivity contribution in [2.75, 3.05) is 0 Å². The van der Waals surface area contributed by atoms with Gasteiger partial charge >= 0.3 is 0 Å². The Balaban J connectivity index is 1.92. The van der Waals surface area contributed by atoms with Crippen molar-refractivity contribution in [2.45, 2.75) is 46.5 Å². The van der Waals surface area contributed by atoms with Crippen molar-refractivity contribution in [3.63, 3.8) is 0 Å². The van der Waals surface area contributed by atoms with Crippen LogP contribution in [0.2, 0.25) is 0 Å². The van der Waals surface area contributed by atoms with Crippen molar-refractivity contribution in [1.82, 2.24) is 0 Å². The summed E-state index contributed by atoms with van der Waals surface area (Å²) in [4.78, 5) is 0. The Morgan fingerprint density at radius 3 is 2.58 bits per heavy atom. The van der Waals surface area contributed by atoms with Crippen molar-refractivity contribution in [3.8, 4) is 0 Å². The summed E-state index contributed by atoms with van der Waals surface area (Å²) in [6.07, 6.45) is 7.63. The normalized spacial score (nSPS) is 37.4. The van der Waals surface area contributed by atoms with E-state index in [1.807, 2.05) is 0 Å². The van der Waals surface area contributed by atoms with Gasteiger partial charge < -0.3 is 0 Å². The number of fused-ring (bicyclic) bond motifs is 1. The zero-order valence-corrected chi connectivity index (χ0v) is 12.7.